The number of hydrogen-bond donors (Lipinski definition) is 2. The molecule has 92 valence electrons. The van der Waals surface area contributed by atoms with Crippen molar-refractivity contribution in [3.63, 3.8) is 0 Å². The summed E-state index contributed by atoms with van der Waals surface area (Å²) in [6, 6.07) is 11.1. The summed E-state index contributed by atoms with van der Waals surface area (Å²) in [7, 11) is 0. The Labute approximate surface area is 104 Å². The zero-order valence-electron chi connectivity index (χ0n) is 9.75. The molecule has 4 nitrogen and oxygen atoms in total. The van der Waals surface area contributed by atoms with Crippen LogP contribution in [0.25, 0.3) is 0 Å². The van der Waals surface area contributed by atoms with Gasteiger partial charge in [0.2, 0.25) is 0 Å². The number of esters is 1. The normalized spacial score (nSPS) is 10.1. The lowest BCUT2D eigenvalue weighted by molar-refractivity contribution is 0.0731. The number of ether oxygens (including phenoxy) is 1. The molecule has 0 aliphatic carbocycles. The minimum Gasteiger partial charge on any atom is -0.504 e. The standard InChI is InChI=1S/C14H12O4/c1-9-5-7-10(8-6-9)18-14(17)11-3-2-4-12(15)13(11)16/h2-8,15-16H,1H3. The van der Waals surface area contributed by atoms with Gasteiger partial charge in [0, 0.05) is 0 Å². The molecule has 2 aromatic rings. The highest BCUT2D eigenvalue weighted by Gasteiger charge is 2.15. The van der Waals surface area contributed by atoms with Crippen LogP contribution in [0.2, 0.25) is 0 Å². The van der Waals surface area contributed by atoms with Gasteiger partial charge in [-0.25, -0.2) is 4.79 Å². The fraction of sp³-hybridized carbons (Fsp3) is 0.0714. The van der Waals surface area contributed by atoms with Crippen LogP contribution in [0.15, 0.2) is 42.5 Å². The minimum atomic E-state index is -0.716. The third-order valence-electron chi connectivity index (χ3n) is 2.47. The summed E-state index contributed by atoms with van der Waals surface area (Å²) in [6.07, 6.45) is 0. The summed E-state index contributed by atoms with van der Waals surface area (Å²) in [5, 5.41) is 18.8. The Morgan fingerprint density at radius 2 is 1.72 bits per heavy atom. The number of carbonyl (C=O) groups excluding carboxylic acids is 1. The minimum absolute atomic E-state index is 0.0735. The van der Waals surface area contributed by atoms with Crippen molar-refractivity contribution in [1.82, 2.24) is 0 Å². The van der Waals surface area contributed by atoms with Crippen LogP contribution in [0.3, 0.4) is 0 Å². The summed E-state index contributed by atoms with van der Waals surface area (Å²) >= 11 is 0. The van der Waals surface area contributed by atoms with E-state index in [1.54, 1.807) is 12.1 Å². The fourth-order valence-corrected chi connectivity index (χ4v) is 1.46. The lowest BCUT2D eigenvalue weighted by atomic mass is 10.2. The first-order chi connectivity index (χ1) is 8.58. The van der Waals surface area contributed by atoms with Gasteiger partial charge in [0.1, 0.15) is 11.3 Å². The maximum Gasteiger partial charge on any atom is 0.347 e. The highest BCUT2D eigenvalue weighted by atomic mass is 16.5. The van der Waals surface area contributed by atoms with Crippen LogP contribution >= 0.6 is 0 Å². The summed E-state index contributed by atoms with van der Waals surface area (Å²) in [6.45, 7) is 1.92. The van der Waals surface area contributed by atoms with Crippen molar-refractivity contribution in [1.29, 1.82) is 0 Å². The number of carbonyl (C=O) groups is 1. The van der Waals surface area contributed by atoms with Crippen molar-refractivity contribution in [2.75, 3.05) is 0 Å². The maximum absolute atomic E-state index is 11.8. The van der Waals surface area contributed by atoms with Gasteiger partial charge in [-0.3, -0.25) is 0 Å². The number of rotatable bonds is 2. The maximum atomic E-state index is 11.8. The first-order valence-electron chi connectivity index (χ1n) is 5.37. The summed E-state index contributed by atoms with van der Waals surface area (Å²) in [4.78, 5) is 11.8. The second-order valence-corrected chi connectivity index (χ2v) is 3.88. The van der Waals surface area contributed by atoms with Gasteiger partial charge in [-0.2, -0.15) is 0 Å². The van der Waals surface area contributed by atoms with Crippen LogP contribution in [0, 0.1) is 6.92 Å². The number of phenolic OH excluding ortho intramolecular Hbond substituents is 2. The van der Waals surface area contributed by atoms with E-state index in [1.165, 1.54) is 18.2 Å². The molecule has 2 rings (SSSR count). The van der Waals surface area contributed by atoms with E-state index in [9.17, 15) is 15.0 Å². The molecule has 0 fully saturated rings. The zero-order chi connectivity index (χ0) is 13.1. The Hall–Kier alpha value is -2.49. The Bertz CT molecular complexity index is 573. The molecule has 0 aliphatic heterocycles. The lowest BCUT2D eigenvalue weighted by Gasteiger charge is -2.06. The third-order valence-corrected chi connectivity index (χ3v) is 2.47. The van der Waals surface area contributed by atoms with Gasteiger partial charge in [-0.05, 0) is 31.2 Å². The summed E-state index contributed by atoms with van der Waals surface area (Å²) in [5.41, 5.74) is 0.977. The van der Waals surface area contributed by atoms with Crippen LogP contribution in [0.4, 0.5) is 0 Å². The molecule has 0 aromatic heterocycles. The summed E-state index contributed by atoms with van der Waals surface area (Å²) in [5.74, 6) is -1.16. The second-order valence-electron chi connectivity index (χ2n) is 3.88. The predicted octanol–water partition coefficient (Wildman–Crippen LogP) is 2.63. The molecule has 0 spiro atoms. The monoisotopic (exact) mass is 244 g/mol. The predicted molar refractivity (Wildman–Crippen MR) is 65.9 cm³/mol. The van der Waals surface area contributed by atoms with E-state index >= 15 is 0 Å². The Morgan fingerprint density at radius 1 is 1.06 bits per heavy atom. The molecular formula is C14H12O4. The van der Waals surface area contributed by atoms with Gasteiger partial charge in [0.25, 0.3) is 0 Å². The lowest BCUT2D eigenvalue weighted by Crippen LogP contribution is -2.08. The van der Waals surface area contributed by atoms with Gasteiger partial charge in [0.05, 0.1) is 0 Å². The topological polar surface area (TPSA) is 66.8 Å². The van der Waals surface area contributed by atoms with Crippen LogP contribution < -0.4 is 4.74 Å². The number of hydrogen-bond acceptors (Lipinski definition) is 4. The molecule has 2 N–H and O–H groups in total. The van der Waals surface area contributed by atoms with E-state index in [-0.39, 0.29) is 11.3 Å². The van der Waals surface area contributed by atoms with E-state index in [0.717, 1.165) is 5.56 Å². The van der Waals surface area contributed by atoms with Crippen molar-refractivity contribution >= 4 is 5.97 Å². The van der Waals surface area contributed by atoms with Gasteiger partial charge in [-0.1, -0.05) is 23.8 Å². The fourth-order valence-electron chi connectivity index (χ4n) is 1.46. The number of phenols is 2. The Morgan fingerprint density at radius 3 is 2.39 bits per heavy atom. The molecule has 18 heavy (non-hydrogen) atoms. The van der Waals surface area contributed by atoms with Crippen LogP contribution in [-0.2, 0) is 0 Å². The van der Waals surface area contributed by atoms with Gasteiger partial charge < -0.3 is 14.9 Å². The molecule has 0 bridgehead atoms. The third kappa shape index (κ3) is 2.43. The number of para-hydroxylation sites is 1. The van der Waals surface area contributed by atoms with E-state index in [2.05, 4.69) is 0 Å². The van der Waals surface area contributed by atoms with Crippen molar-refractivity contribution in [2.45, 2.75) is 6.92 Å². The first kappa shape index (κ1) is 12.0. The largest absolute Gasteiger partial charge is 0.504 e. The van der Waals surface area contributed by atoms with Gasteiger partial charge >= 0.3 is 5.97 Å². The number of benzene rings is 2. The van der Waals surface area contributed by atoms with E-state index in [0.29, 0.717) is 5.75 Å². The van der Waals surface area contributed by atoms with Crippen molar-refractivity contribution in [2.24, 2.45) is 0 Å². The van der Waals surface area contributed by atoms with E-state index < -0.39 is 11.7 Å². The first-order valence-corrected chi connectivity index (χ1v) is 5.37. The van der Waals surface area contributed by atoms with E-state index in [1.807, 2.05) is 19.1 Å². The smallest absolute Gasteiger partial charge is 0.347 e. The SMILES string of the molecule is Cc1ccc(OC(=O)c2cccc(O)c2O)cc1. The molecule has 0 atom stereocenters. The van der Waals surface area contributed by atoms with Crippen LogP contribution in [-0.4, -0.2) is 16.2 Å². The highest BCUT2D eigenvalue weighted by Crippen LogP contribution is 2.29. The molecule has 0 unspecified atom stereocenters. The average Bonchev–Trinajstić information content (AvgIpc) is 2.35. The quantitative estimate of drug-likeness (QED) is 0.484. The molecule has 4 heteroatoms. The van der Waals surface area contributed by atoms with Crippen molar-refractivity contribution in [3.05, 3.63) is 53.6 Å². The average molecular weight is 244 g/mol. The zero-order valence-corrected chi connectivity index (χ0v) is 9.75. The van der Waals surface area contributed by atoms with Crippen LogP contribution in [0.1, 0.15) is 15.9 Å². The second kappa shape index (κ2) is 4.79. The molecule has 2 aromatic carbocycles. The van der Waals surface area contributed by atoms with Crippen LogP contribution in [0.5, 0.6) is 17.2 Å². The van der Waals surface area contributed by atoms with Crippen molar-refractivity contribution in [3.8, 4) is 17.2 Å². The van der Waals surface area contributed by atoms with E-state index in [4.69, 9.17) is 4.74 Å². The number of aryl methyl sites for hydroxylation is 1. The Kier molecular flexibility index (Phi) is 3.19. The van der Waals surface area contributed by atoms with Gasteiger partial charge in [0.15, 0.2) is 11.5 Å². The molecular weight excluding hydrogens is 232 g/mol. The molecule has 0 saturated carbocycles. The van der Waals surface area contributed by atoms with Crippen molar-refractivity contribution < 1.29 is 19.7 Å². The molecule has 0 saturated heterocycles. The summed E-state index contributed by atoms with van der Waals surface area (Å²) < 4.78 is 5.08. The Balaban J connectivity index is 2.22. The van der Waals surface area contributed by atoms with Gasteiger partial charge in [-0.15, -0.1) is 0 Å². The molecule has 0 amide bonds. The molecule has 0 heterocycles. The highest BCUT2D eigenvalue weighted by molar-refractivity contribution is 5.94. The number of aromatic hydroxyl groups is 2. The molecule has 0 radical (unpaired) electrons. The molecule has 0 aliphatic rings.